The molecular weight excluding hydrogens is 548 g/mol. The molecule has 2 aliphatic carbocycles. The molecule has 1 aliphatic heterocycles. The summed E-state index contributed by atoms with van der Waals surface area (Å²) in [5, 5.41) is 0. The zero-order chi connectivity index (χ0) is 31.0. The summed E-state index contributed by atoms with van der Waals surface area (Å²) in [5.74, 6) is -1.84. The maximum absolute atomic E-state index is 13.3. The van der Waals surface area contributed by atoms with Gasteiger partial charge in [0.2, 0.25) is 0 Å². The van der Waals surface area contributed by atoms with E-state index in [9.17, 15) is 14.4 Å². The molecule has 0 N–H and O–H groups in total. The Hall–Kier alpha value is -3.49. The van der Waals surface area contributed by atoms with E-state index in [2.05, 4.69) is 0 Å². The van der Waals surface area contributed by atoms with E-state index >= 15 is 0 Å². The van der Waals surface area contributed by atoms with Crippen LogP contribution in [0.2, 0.25) is 0 Å². The van der Waals surface area contributed by atoms with E-state index in [0.29, 0.717) is 25.0 Å². The van der Waals surface area contributed by atoms with Gasteiger partial charge >= 0.3 is 17.9 Å². The number of fused-ring (bicyclic) bond motifs is 1. The Morgan fingerprint density at radius 2 is 1.47 bits per heavy atom. The van der Waals surface area contributed by atoms with Gasteiger partial charge in [-0.25, -0.2) is 4.79 Å². The molecule has 1 spiro atoms. The predicted octanol–water partition coefficient (Wildman–Crippen LogP) is 5.79. The first-order valence-electron chi connectivity index (χ1n) is 15.0. The zero-order valence-electron chi connectivity index (χ0n) is 25.8. The summed E-state index contributed by atoms with van der Waals surface area (Å²) in [4.78, 5) is 38.5. The van der Waals surface area contributed by atoms with E-state index in [0.717, 1.165) is 5.56 Å². The fraction of sp³-hybridized carbons (Fsp3) is 0.514. The molecule has 3 fully saturated rings. The molecule has 2 aromatic carbocycles. The van der Waals surface area contributed by atoms with Crippen LogP contribution in [0.25, 0.3) is 6.08 Å². The van der Waals surface area contributed by atoms with Gasteiger partial charge in [0.05, 0.1) is 29.3 Å². The van der Waals surface area contributed by atoms with Crippen LogP contribution < -0.4 is 0 Å². The van der Waals surface area contributed by atoms with Crippen LogP contribution in [-0.4, -0.2) is 60.1 Å². The molecule has 2 bridgehead atoms. The second kappa shape index (κ2) is 11.9. The lowest BCUT2D eigenvalue weighted by molar-refractivity contribution is -0.307. The zero-order valence-corrected chi connectivity index (χ0v) is 25.8. The van der Waals surface area contributed by atoms with Gasteiger partial charge in [-0.15, -0.1) is 0 Å². The standard InChI is InChI=1S/C35H42O8/c1-22-20-28(42-32(38)26-17-11-8-12-18-26)31(41-24(3)37)34(6)29(39-19-13-16-25-14-9-7-10-15-25)21-27-30(40-23(2)36)35(22,34)43-33(27,4)5/h7-18,22,27-31H,19-21H2,1-6H3. The summed E-state index contributed by atoms with van der Waals surface area (Å²) in [7, 11) is 0. The first-order chi connectivity index (χ1) is 20.4. The molecule has 2 aromatic rings. The van der Waals surface area contributed by atoms with Gasteiger partial charge in [-0.3, -0.25) is 9.59 Å². The van der Waals surface area contributed by atoms with Crippen molar-refractivity contribution >= 4 is 24.0 Å². The number of ether oxygens (including phenoxy) is 5. The third kappa shape index (κ3) is 5.51. The summed E-state index contributed by atoms with van der Waals surface area (Å²) in [6, 6.07) is 18.7. The SMILES string of the molecule is CC(=O)OC1C(OC(=O)c2ccccc2)CC(C)C23OC(C)(C)C(CC(OCC=Cc4ccccc4)C12C)C3OC(C)=O. The van der Waals surface area contributed by atoms with Crippen molar-refractivity contribution in [3.8, 4) is 0 Å². The number of rotatable bonds is 8. The molecule has 8 nitrogen and oxygen atoms in total. The van der Waals surface area contributed by atoms with Crippen LogP contribution >= 0.6 is 0 Å². The minimum atomic E-state index is -1.07. The topological polar surface area (TPSA) is 97.4 Å². The van der Waals surface area contributed by atoms with Gasteiger partial charge in [-0.1, -0.05) is 74.5 Å². The molecule has 1 heterocycles. The molecule has 8 heteroatoms. The Labute approximate surface area is 253 Å². The van der Waals surface area contributed by atoms with Gasteiger partial charge in [0.1, 0.15) is 23.9 Å². The maximum atomic E-state index is 13.3. The molecule has 0 aromatic heterocycles. The Bertz CT molecular complexity index is 1350. The van der Waals surface area contributed by atoms with Crippen LogP contribution in [0, 0.1) is 17.3 Å². The number of carbonyl (C=O) groups is 3. The lowest BCUT2D eigenvalue weighted by Crippen LogP contribution is -2.76. The molecule has 3 aliphatic rings. The summed E-state index contributed by atoms with van der Waals surface area (Å²) < 4.78 is 32.0. The quantitative estimate of drug-likeness (QED) is 0.282. The fourth-order valence-corrected chi connectivity index (χ4v) is 7.91. The van der Waals surface area contributed by atoms with Crippen LogP contribution in [0.4, 0.5) is 0 Å². The van der Waals surface area contributed by atoms with Gasteiger partial charge in [-0.2, -0.15) is 0 Å². The Kier molecular flexibility index (Phi) is 8.56. The summed E-state index contributed by atoms with van der Waals surface area (Å²) in [6.07, 6.45) is 1.99. The van der Waals surface area contributed by atoms with Crippen LogP contribution in [0.3, 0.4) is 0 Å². The molecule has 0 amide bonds. The van der Waals surface area contributed by atoms with E-state index < -0.39 is 58.9 Å². The van der Waals surface area contributed by atoms with Crippen LogP contribution in [0.15, 0.2) is 66.7 Å². The molecule has 8 atom stereocenters. The van der Waals surface area contributed by atoms with Gasteiger partial charge in [-0.05, 0) is 50.3 Å². The molecule has 8 unspecified atom stereocenters. The van der Waals surface area contributed by atoms with E-state index in [4.69, 9.17) is 23.7 Å². The average molecular weight is 591 g/mol. The number of hydrogen-bond acceptors (Lipinski definition) is 8. The van der Waals surface area contributed by atoms with Crippen molar-refractivity contribution in [1.29, 1.82) is 0 Å². The van der Waals surface area contributed by atoms with Crippen molar-refractivity contribution in [3.05, 3.63) is 77.9 Å². The second-order valence-electron chi connectivity index (χ2n) is 12.8. The summed E-state index contributed by atoms with van der Waals surface area (Å²) in [5.41, 5.74) is -1.34. The Morgan fingerprint density at radius 3 is 2.09 bits per heavy atom. The average Bonchev–Trinajstić information content (AvgIpc) is 3.13. The van der Waals surface area contributed by atoms with Crippen LogP contribution in [-0.2, 0) is 33.3 Å². The second-order valence-corrected chi connectivity index (χ2v) is 12.8. The van der Waals surface area contributed by atoms with Crippen molar-refractivity contribution in [2.24, 2.45) is 17.3 Å². The van der Waals surface area contributed by atoms with Crippen LogP contribution in [0.5, 0.6) is 0 Å². The number of benzene rings is 2. The largest absolute Gasteiger partial charge is 0.459 e. The Balaban J connectivity index is 1.57. The number of esters is 3. The first kappa shape index (κ1) is 31.0. The third-order valence-corrected chi connectivity index (χ3v) is 9.70. The highest BCUT2D eigenvalue weighted by Gasteiger charge is 2.80. The van der Waals surface area contributed by atoms with Crippen molar-refractivity contribution in [2.45, 2.75) is 90.0 Å². The molecule has 230 valence electrons. The molecule has 2 saturated carbocycles. The highest BCUT2D eigenvalue weighted by molar-refractivity contribution is 5.89. The highest BCUT2D eigenvalue weighted by atomic mass is 16.6. The van der Waals surface area contributed by atoms with E-state index in [1.54, 1.807) is 24.3 Å². The van der Waals surface area contributed by atoms with Gasteiger partial charge in [0.15, 0.2) is 0 Å². The number of carbonyl (C=O) groups excluding carboxylic acids is 3. The lowest BCUT2D eigenvalue weighted by atomic mass is 9.48. The normalized spacial score (nSPS) is 34.3. The van der Waals surface area contributed by atoms with Gasteiger partial charge in [0, 0.05) is 19.8 Å². The minimum Gasteiger partial charge on any atom is -0.459 e. The monoisotopic (exact) mass is 590 g/mol. The smallest absolute Gasteiger partial charge is 0.338 e. The van der Waals surface area contributed by atoms with Gasteiger partial charge in [0.25, 0.3) is 0 Å². The summed E-state index contributed by atoms with van der Waals surface area (Å²) >= 11 is 0. The van der Waals surface area contributed by atoms with Gasteiger partial charge < -0.3 is 23.7 Å². The third-order valence-electron chi connectivity index (χ3n) is 9.70. The number of hydrogen-bond donors (Lipinski definition) is 0. The van der Waals surface area contributed by atoms with Crippen molar-refractivity contribution < 1.29 is 38.1 Å². The summed E-state index contributed by atoms with van der Waals surface area (Å²) in [6.45, 7) is 11.1. The van der Waals surface area contributed by atoms with E-state index in [-0.39, 0.29) is 11.8 Å². The Morgan fingerprint density at radius 1 is 0.860 bits per heavy atom. The molecule has 5 rings (SSSR count). The fourth-order valence-electron chi connectivity index (χ4n) is 7.91. The molecule has 43 heavy (non-hydrogen) atoms. The highest BCUT2D eigenvalue weighted by Crippen LogP contribution is 2.67. The molecule has 0 radical (unpaired) electrons. The van der Waals surface area contributed by atoms with Crippen molar-refractivity contribution in [3.63, 3.8) is 0 Å². The molecule has 1 saturated heterocycles. The van der Waals surface area contributed by atoms with E-state index in [1.165, 1.54) is 13.8 Å². The molecular formula is C35H42O8. The van der Waals surface area contributed by atoms with Crippen molar-refractivity contribution in [2.75, 3.05) is 6.61 Å². The maximum Gasteiger partial charge on any atom is 0.338 e. The lowest BCUT2D eigenvalue weighted by Gasteiger charge is -2.63. The first-order valence-corrected chi connectivity index (χ1v) is 15.0. The minimum absolute atomic E-state index is 0.170. The van der Waals surface area contributed by atoms with Crippen molar-refractivity contribution in [1.82, 2.24) is 0 Å². The van der Waals surface area contributed by atoms with E-state index in [1.807, 2.05) is 76.2 Å². The van der Waals surface area contributed by atoms with Crippen LogP contribution in [0.1, 0.15) is 70.3 Å². The predicted molar refractivity (Wildman–Crippen MR) is 160 cm³/mol.